The highest BCUT2D eigenvalue weighted by atomic mass is 14.6. The van der Waals surface area contributed by atoms with Crippen LogP contribution in [-0.2, 0) is 0 Å². The Labute approximate surface area is 178 Å². The summed E-state index contributed by atoms with van der Waals surface area (Å²) in [4.78, 5) is 0. The van der Waals surface area contributed by atoms with Gasteiger partial charge in [0.15, 0.2) is 0 Å². The predicted octanol–water partition coefficient (Wildman–Crippen LogP) is 8.14. The molecule has 0 fully saturated rings. The monoisotopic (exact) mass is 386 g/mol. The third-order valence-corrected chi connectivity index (χ3v) is 7.97. The fraction of sp³-hybridized carbons (Fsp3) is 0.200. The van der Waals surface area contributed by atoms with Crippen molar-refractivity contribution in [1.29, 1.82) is 0 Å². The molecule has 0 spiro atoms. The molecule has 0 N–H and O–H groups in total. The first-order valence-corrected chi connectivity index (χ1v) is 10.9. The van der Waals surface area contributed by atoms with E-state index in [0.717, 1.165) is 0 Å². The van der Waals surface area contributed by atoms with Crippen LogP contribution in [0.2, 0.25) is 0 Å². The van der Waals surface area contributed by atoms with Crippen molar-refractivity contribution in [3.63, 3.8) is 0 Å². The van der Waals surface area contributed by atoms with Gasteiger partial charge in [0.25, 0.3) is 0 Å². The summed E-state index contributed by atoms with van der Waals surface area (Å²) in [5.74, 6) is 0.419. The Bertz CT molecular complexity index is 1370. The molecule has 0 saturated carbocycles. The molecule has 146 valence electrons. The average molecular weight is 387 g/mol. The number of rotatable bonds is 2. The highest BCUT2D eigenvalue weighted by Gasteiger charge is 2.57. The molecular formula is C30H26. The molecule has 0 nitrogen and oxygen atoms in total. The molecule has 0 amide bonds. The molecule has 4 aromatic rings. The number of fused-ring (bicyclic) bond motifs is 4. The topological polar surface area (TPSA) is 0 Å². The Balaban J connectivity index is 1.55. The minimum absolute atomic E-state index is 0.00801. The van der Waals surface area contributed by atoms with E-state index in [1.807, 2.05) is 0 Å². The smallest absolute Gasteiger partial charge is 0.0173 e. The zero-order valence-corrected chi connectivity index (χ0v) is 17.8. The van der Waals surface area contributed by atoms with Gasteiger partial charge in [-0.1, -0.05) is 118 Å². The Morgan fingerprint density at radius 1 is 0.600 bits per heavy atom. The van der Waals surface area contributed by atoms with E-state index in [4.69, 9.17) is 0 Å². The molecule has 0 radical (unpaired) electrons. The fourth-order valence-corrected chi connectivity index (χ4v) is 5.91. The first kappa shape index (κ1) is 17.7. The lowest BCUT2D eigenvalue weighted by molar-refractivity contribution is 0.216. The third-order valence-electron chi connectivity index (χ3n) is 7.97. The molecule has 0 saturated heterocycles. The van der Waals surface area contributed by atoms with Gasteiger partial charge in [-0.25, -0.2) is 0 Å². The van der Waals surface area contributed by atoms with Crippen LogP contribution in [0.3, 0.4) is 0 Å². The zero-order chi connectivity index (χ0) is 20.5. The van der Waals surface area contributed by atoms with Crippen LogP contribution < -0.4 is 0 Å². The van der Waals surface area contributed by atoms with Crippen molar-refractivity contribution >= 4 is 32.7 Å². The number of benzene rings is 4. The molecule has 0 heterocycles. The van der Waals surface area contributed by atoms with E-state index in [1.165, 1.54) is 43.8 Å². The quantitative estimate of drug-likeness (QED) is 0.326. The van der Waals surface area contributed by atoms with Crippen molar-refractivity contribution in [2.75, 3.05) is 0 Å². The Morgan fingerprint density at radius 3 is 1.73 bits per heavy atom. The van der Waals surface area contributed by atoms with E-state index in [9.17, 15) is 0 Å². The van der Waals surface area contributed by atoms with Gasteiger partial charge in [-0.15, -0.1) is 0 Å². The minimum Gasteiger partial charge on any atom is -0.0717 e. The summed E-state index contributed by atoms with van der Waals surface area (Å²) in [6, 6.07) is 31.0. The van der Waals surface area contributed by atoms with Crippen LogP contribution in [0.15, 0.2) is 97.1 Å². The summed E-state index contributed by atoms with van der Waals surface area (Å²) in [5, 5.41) is 5.35. The van der Waals surface area contributed by atoms with E-state index in [-0.39, 0.29) is 10.8 Å². The van der Waals surface area contributed by atoms with E-state index < -0.39 is 0 Å². The zero-order valence-electron chi connectivity index (χ0n) is 17.8. The van der Waals surface area contributed by atoms with Crippen molar-refractivity contribution < 1.29 is 0 Å². The molecule has 2 aliphatic rings. The Hall–Kier alpha value is -3.12. The van der Waals surface area contributed by atoms with Crippen molar-refractivity contribution in [3.8, 4) is 0 Å². The second-order valence-corrected chi connectivity index (χ2v) is 9.64. The molecular weight excluding hydrogens is 360 g/mol. The van der Waals surface area contributed by atoms with Crippen molar-refractivity contribution in [3.05, 3.63) is 108 Å². The largest absolute Gasteiger partial charge is 0.0717 e. The Morgan fingerprint density at radius 2 is 1.13 bits per heavy atom. The summed E-state index contributed by atoms with van der Waals surface area (Å²) < 4.78 is 0. The first-order valence-electron chi connectivity index (χ1n) is 10.9. The van der Waals surface area contributed by atoms with E-state index >= 15 is 0 Å². The summed E-state index contributed by atoms with van der Waals surface area (Å²) in [6.45, 7) is 7.33. The molecule has 0 aromatic heterocycles. The normalized spacial score (nSPS) is 24.3. The molecule has 6 rings (SSSR count). The molecule has 4 aromatic carbocycles. The van der Waals surface area contributed by atoms with Crippen LogP contribution in [-0.4, -0.2) is 0 Å². The lowest BCUT2D eigenvalue weighted by atomic mass is 9.65. The third kappa shape index (κ3) is 2.17. The number of hydrogen-bond acceptors (Lipinski definition) is 0. The average Bonchev–Trinajstić information content (AvgIpc) is 3.10. The van der Waals surface area contributed by atoms with Gasteiger partial charge >= 0.3 is 0 Å². The number of hydrogen-bond donors (Lipinski definition) is 0. The second kappa shape index (κ2) is 5.95. The van der Waals surface area contributed by atoms with E-state index in [0.29, 0.717) is 5.92 Å². The maximum Gasteiger partial charge on any atom is 0.0173 e. The second-order valence-electron chi connectivity index (χ2n) is 9.64. The van der Waals surface area contributed by atoms with Gasteiger partial charge in [-0.2, -0.15) is 0 Å². The molecule has 30 heavy (non-hydrogen) atoms. The maximum absolute atomic E-state index is 2.58. The summed E-state index contributed by atoms with van der Waals surface area (Å²) in [7, 11) is 0. The van der Waals surface area contributed by atoms with Crippen LogP contribution in [0.1, 0.15) is 31.9 Å². The molecule has 0 aliphatic heterocycles. The summed E-state index contributed by atoms with van der Waals surface area (Å²) >= 11 is 0. The van der Waals surface area contributed by atoms with Gasteiger partial charge < -0.3 is 0 Å². The lowest BCUT2D eigenvalue weighted by Crippen LogP contribution is -2.30. The van der Waals surface area contributed by atoms with Gasteiger partial charge in [0.05, 0.1) is 0 Å². The van der Waals surface area contributed by atoms with Crippen LogP contribution >= 0.6 is 0 Å². The molecule has 0 heteroatoms. The lowest BCUT2D eigenvalue weighted by Gasteiger charge is -2.37. The number of allylic oxidation sites excluding steroid dienone is 4. The van der Waals surface area contributed by atoms with Crippen molar-refractivity contribution in [2.45, 2.75) is 20.8 Å². The van der Waals surface area contributed by atoms with E-state index in [2.05, 4.69) is 118 Å². The van der Waals surface area contributed by atoms with Gasteiger partial charge in [0.2, 0.25) is 0 Å². The van der Waals surface area contributed by atoms with Gasteiger partial charge in [-0.3, -0.25) is 0 Å². The highest BCUT2D eigenvalue weighted by Crippen LogP contribution is 2.68. The molecule has 2 aliphatic carbocycles. The van der Waals surface area contributed by atoms with Crippen LogP contribution in [0.4, 0.5) is 0 Å². The highest BCUT2D eigenvalue weighted by molar-refractivity contribution is 6.02. The van der Waals surface area contributed by atoms with Gasteiger partial charge in [-0.05, 0) is 49.2 Å². The van der Waals surface area contributed by atoms with Crippen LogP contribution in [0, 0.1) is 16.7 Å². The molecule has 2 atom stereocenters. The van der Waals surface area contributed by atoms with Gasteiger partial charge in [0, 0.05) is 11.3 Å². The van der Waals surface area contributed by atoms with E-state index in [1.54, 1.807) is 0 Å². The van der Waals surface area contributed by atoms with Crippen LogP contribution in [0.25, 0.3) is 32.7 Å². The van der Waals surface area contributed by atoms with Crippen molar-refractivity contribution in [2.24, 2.45) is 16.7 Å². The summed E-state index contributed by atoms with van der Waals surface area (Å²) in [5.41, 5.74) is 5.91. The Kier molecular flexibility index (Phi) is 3.51. The maximum atomic E-state index is 2.58. The van der Waals surface area contributed by atoms with Gasteiger partial charge in [0.1, 0.15) is 0 Å². The predicted molar refractivity (Wildman–Crippen MR) is 129 cm³/mol. The van der Waals surface area contributed by atoms with Crippen LogP contribution in [0.5, 0.6) is 0 Å². The minimum atomic E-state index is 0.00801. The van der Waals surface area contributed by atoms with Crippen molar-refractivity contribution in [1.82, 2.24) is 0 Å². The first-order chi connectivity index (χ1) is 14.5. The molecule has 2 unspecified atom stereocenters. The standard InChI is InChI=1S/C30H26/c1-29(2)27-18-28(25-17-9-13-21-11-5-7-15-23(21)25)30(29,3)19-26(27)24-16-8-12-20-10-4-6-14-22(20)24/h4-19,27H,1-3H3. The fourth-order valence-electron chi connectivity index (χ4n) is 5.91. The SMILES string of the molecule is CC12C=C(c3cccc4ccccc34)C(C=C1c1cccc3ccccc13)C2(C)C. The molecule has 2 bridgehead atoms. The summed E-state index contributed by atoms with van der Waals surface area (Å²) in [6.07, 6.45) is 5.15.